The average molecular weight is 150 g/mol. The van der Waals surface area contributed by atoms with Gasteiger partial charge in [-0.3, -0.25) is 0 Å². The molecule has 0 saturated carbocycles. The van der Waals surface area contributed by atoms with E-state index >= 15 is 0 Å². The standard InChI is InChI=1S/C5H5Cl2N/c1-4(6)2-5(7)3-8/h2-3,8H,1H2/b5-2+,8-3?. The molecule has 0 rings (SSSR count). The van der Waals surface area contributed by atoms with Gasteiger partial charge in [-0.1, -0.05) is 29.8 Å². The Morgan fingerprint density at radius 2 is 2.00 bits per heavy atom. The molecule has 1 nitrogen and oxygen atoms in total. The van der Waals surface area contributed by atoms with E-state index in [0.717, 1.165) is 6.21 Å². The van der Waals surface area contributed by atoms with Gasteiger partial charge in [0.25, 0.3) is 0 Å². The first-order valence-corrected chi connectivity index (χ1v) is 2.64. The van der Waals surface area contributed by atoms with Crippen LogP contribution in [0.1, 0.15) is 0 Å². The first-order chi connectivity index (χ1) is 3.66. The van der Waals surface area contributed by atoms with Crippen molar-refractivity contribution < 1.29 is 0 Å². The van der Waals surface area contributed by atoms with Crippen molar-refractivity contribution in [3.05, 3.63) is 22.7 Å². The molecule has 0 fully saturated rings. The fraction of sp³-hybridized carbons (Fsp3) is 0. The van der Waals surface area contributed by atoms with Gasteiger partial charge in [0.2, 0.25) is 0 Å². The van der Waals surface area contributed by atoms with E-state index in [4.69, 9.17) is 28.6 Å². The summed E-state index contributed by atoms with van der Waals surface area (Å²) in [5.41, 5.74) is 0. The second-order valence-corrected chi connectivity index (χ2v) is 2.04. The maximum absolute atomic E-state index is 6.58. The molecule has 0 radical (unpaired) electrons. The molecule has 0 spiro atoms. The van der Waals surface area contributed by atoms with Gasteiger partial charge in [-0.2, -0.15) is 0 Å². The maximum atomic E-state index is 6.58. The van der Waals surface area contributed by atoms with Crippen LogP contribution >= 0.6 is 23.2 Å². The van der Waals surface area contributed by atoms with Gasteiger partial charge in [0, 0.05) is 11.2 Å². The van der Waals surface area contributed by atoms with E-state index < -0.39 is 0 Å². The third-order valence-corrected chi connectivity index (χ3v) is 0.760. The monoisotopic (exact) mass is 149 g/mol. The third-order valence-electron chi connectivity index (χ3n) is 0.432. The van der Waals surface area contributed by atoms with Crippen molar-refractivity contribution in [2.75, 3.05) is 0 Å². The van der Waals surface area contributed by atoms with Crippen LogP contribution in [0.3, 0.4) is 0 Å². The van der Waals surface area contributed by atoms with Crippen molar-refractivity contribution >= 4 is 29.4 Å². The Balaban J connectivity index is 3.94. The summed E-state index contributed by atoms with van der Waals surface area (Å²) >= 11 is 10.6. The Morgan fingerprint density at radius 3 is 2.12 bits per heavy atom. The molecule has 0 aliphatic rings. The summed E-state index contributed by atoms with van der Waals surface area (Å²) in [6.45, 7) is 3.34. The van der Waals surface area contributed by atoms with E-state index in [2.05, 4.69) is 6.58 Å². The number of rotatable bonds is 2. The van der Waals surface area contributed by atoms with Gasteiger partial charge >= 0.3 is 0 Å². The number of allylic oxidation sites excluding steroid dienone is 3. The molecule has 1 N–H and O–H groups in total. The van der Waals surface area contributed by atoms with E-state index in [1.165, 1.54) is 6.08 Å². The molecule has 0 heterocycles. The SMILES string of the molecule is C=C(Cl)/C=C(/Cl)C=N. The summed E-state index contributed by atoms with van der Waals surface area (Å²) in [7, 11) is 0. The van der Waals surface area contributed by atoms with Crippen LogP contribution in [-0.2, 0) is 0 Å². The quantitative estimate of drug-likeness (QED) is 0.461. The molecule has 0 amide bonds. The zero-order valence-electron chi connectivity index (χ0n) is 4.12. The second-order valence-electron chi connectivity index (χ2n) is 1.12. The predicted octanol–water partition coefficient (Wildman–Crippen LogP) is 2.51. The fourth-order valence-electron chi connectivity index (χ4n) is 0.191. The van der Waals surface area contributed by atoms with Gasteiger partial charge in [0.05, 0.1) is 5.03 Å². The number of nitrogens with one attached hydrogen (secondary N) is 1. The van der Waals surface area contributed by atoms with Crippen molar-refractivity contribution in [3.8, 4) is 0 Å². The summed E-state index contributed by atoms with van der Waals surface area (Å²) in [5, 5.41) is 7.19. The fourth-order valence-corrected chi connectivity index (χ4v) is 0.496. The minimum Gasteiger partial charge on any atom is -0.307 e. The topological polar surface area (TPSA) is 23.9 Å². The van der Waals surface area contributed by atoms with Gasteiger partial charge in [0.15, 0.2) is 0 Å². The van der Waals surface area contributed by atoms with Crippen molar-refractivity contribution in [2.45, 2.75) is 0 Å². The van der Waals surface area contributed by atoms with Gasteiger partial charge in [-0.05, 0) is 6.08 Å². The lowest BCUT2D eigenvalue weighted by Crippen LogP contribution is -1.68. The Bertz CT molecular complexity index is 137. The predicted molar refractivity (Wildman–Crippen MR) is 37.7 cm³/mol. The molecule has 0 aliphatic carbocycles. The zero-order valence-corrected chi connectivity index (χ0v) is 5.63. The van der Waals surface area contributed by atoms with Crippen LogP contribution in [-0.4, -0.2) is 6.21 Å². The molecular formula is C5H5Cl2N. The molecule has 0 aliphatic heterocycles. The number of hydrogen-bond acceptors (Lipinski definition) is 1. The zero-order chi connectivity index (χ0) is 6.57. The van der Waals surface area contributed by atoms with Gasteiger partial charge in [-0.15, -0.1) is 0 Å². The van der Waals surface area contributed by atoms with E-state index in [-0.39, 0.29) is 5.03 Å². The lowest BCUT2D eigenvalue weighted by atomic mass is 10.5. The Morgan fingerprint density at radius 1 is 1.50 bits per heavy atom. The number of hydrogen-bond donors (Lipinski definition) is 1. The van der Waals surface area contributed by atoms with E-state index in [1.807, 2.05) is 0 Å². The molecule has 0 aromatic carbocycles. The van der Waals surface area contributed by atoms with E-state index in [0.29, 0.717) is 5.03 Å². The van der Waals surface area contributed by atoms with Crippen molar-refractivity contribution in [2.24, 2.45) is 0 Å². The molecule has 0 aromatic heterocycles. The maximum Gasteiger partial charge on any atom is 0.0596 e. The molecular weight excluding hydrogens is 145 g/mol. The van der Waals surface area contributed by atoms with Crippen molar-refractivity contribution in [1.82, 2.24) is 0 Å². The molecule has 3 heteroatoms. The average Bonchev–Trinajstić information content (AvgIpc) is 1.65. The summed E-state index contributed by atoms with van der Waals surface area (Å²) in [5.74, 6) is 0. The van der Waals surface area contributed by atoms with Gasteiger partial charge in [-0.25, -0.2) is 0 Å². The smallest absolute Gasteiger partial charge is 0.0596 e. The van der Waals surface area contributed by atoms with E-state index in [1.54, 1.807) is 0 Å². The minimum absolute atomic E-state index is 0.282. The first-order valence-electron chi connectivity index (χ1n) is 1.89. The summed E-state index contributed by atoms with van der Waals surface area (Å²) in [6, 6.07) is 0. The molecule has 8 heavy (non-hydrogen) atoms. The van der Waals surface area contributed by atoms with Crippen LogP contribution in [0, 0.1) is 5.41 Å². The summed E-state index contributed by atoms with van der Waals surface area (Å²) in [6.07, 6.45) is 2.39. The normalized spacial score (nSPS) is 11.0. The highest BCUT2D eigenvalue weighted by Gasteiger charge is 1.83. The van der Waals surface area contributed by atoms with Crippen LogP contribution in [0.4, 0.5) is 0 Å². The van der Waals surface area contributed by atoms with Gasteiger partial charge < -0.3 is 5.41 Å². The minimum atomic E-state index is 0.282. The van der Waals surface area contributed by atoms with Crippen molar-refractivity contribution in [3.63, 3.8) is 0 Å². The number of halogens is 2. The highest BCUT2D eigenvalue weighted by Crippen LogP contribution is 2.05. The lowest BCUT2D eigenvalue weighted by molar-refractivity contribution is 1.57. The van der Waals surface area contributed by atoms with Crippen LogP contribution in [0.5, 0.6) is 0 Å². The summed E-state index contributed by atoms with van der Waals surface area (Å²) < 4.78 is 0. The largest absolute Gasteiger partial charge is 0.307 e. The Kier molecular flexibility index (Phi) is 3.57. The van der Waals surface area contributed by atoms with Crippen molar-refractivity contribution in [1.29, 1.82) is 5.41 Å². The molecule has 0 aromatic rings. The Labute approximate surface area is 58.1 Å². The molecule has 0 unspecified atom stereocenters. The molecule has 0 saturated heterocycles. The van der Waals surface area contributed by atoms with Gasteiger partial charge in [0.1, 0.15) is 0 Å². The third kappa shape index (κ3) is 3.90. The molecule has 44 valence electrons. The second kappa shape index (κ2) is 3.70. The molecule has 0 atom stereocenters. The van der Waals surface area contributed by atoms with Crippen LogP contribution in [0.2, 0.25) is 0 Å². The summed E-state index contributed by atoms with van der Waals surface area (Å²) in [4.78, 5) is 0. The Hall–Kier alpha value is -0.270. The molecule has 0 bridgehead atoms. The van der Waals surface area contributed by atoms with Crippen LogP contribution in [0.25, 0.3) is 0 Å². The highest BCUT2D eigenvalue weighted by molar-refractivity contribution is 6.40. The van der Waals surface area contributed by atoms with E-state index in [9.17, 15) is 0 Å². The lowest BCUT2D eigenvalue weighted by Gasteiger charge is -1.82. The highest BCUT2D eigenvalue weighted by atomic mass is 35.5. The first kappa shape index (κ1) is 7.73. The van der Waals surface area contributed by atoms with Crippen LogP contribution in [0.15, 0.2) is 22.7 Å². The van der Waals surface area contributed by atoms with Crippen LogP contribution < -0.4 is 0 Å².